The lowest BCUT2D eigenvalue weighted by Gasteiger charge is -2.21. The van der Waals surface area contributed by atoms with E-state index in [4.69, 9.17) is 4.74 Å². The summed E-state index contributed by atoms with van der Waals surface area (Å²) in [7, 11) is 0. The van der Waals surface area contributed by atoms with Crippen molar-refractivity contribution in [3.8, 4) is 0 Å². The molecule has 0 bridgehead atoms. The lowest BCUT2D eigenvalue weighted by Crippen LogP contribution is -2.26. The predicted molar refractivity (Wildman–Crippen MR) is 92.5 cm³/mol. The van der Waals surface area contributed by atoms with E-state index in [1.807, 2.05) is 23.6 Å². The number of fused-ring (bicyclic) bond motifs is 1. The maximum Gasteiger partial charge on any atom is 0.276 e. The summed E-state index contributed by atoms with van der Waals surface area (Å²) in [5, 5.41) is 0. The number of hydrogen-bond acceptors (Lipinski definition) is 3. The van der Waals surface area contributed by atoms with Crippen LogP contribution in [-0.4, -0.2) is 27.2 Å². The van der Waals surface area contributed by atoms with Crippen LogP contribution in [0.3, 0.4) is 0 Å². The van der Waals surface area contributed by atoms with Crippen molar-refractivity contribution in [2.24, 2.45) is 0 Å². The molecule has 6 heteroatoms. The van der Waals surface area contributed by atoms with Crippen LogP contribution in [0.4, 0.5) is 4.39 Å². The Morgan fingerprint density at radius 3 is 3.04 bits per heavy atom. The Labute approximate surface area is 144 Å². The summed E-state index contributed by atoms with van der Waals surface area (Å²) in [5.74, 6) is 0.801. The lowest BCUT2D eigenvalue weighted by molar-refractivity contribution is 0.0779. The molecular weight excluding hydrogens is 321 g/mol. The van der Waals surface area contributed by atoms with Crippen LogP contribution in [0.25, 0.3) is 5.52 Å². The van der Waals surface area contributed by atoms with E-state index >= 15 is 0 Å². The second-order valence-corrected chi connectivity index (χ2v) is 6.58. The monoisotopic (exact) mass is 341 g/mol. The van der Waals surface area contributed by atoms with Gasteiger partial charge in [-0.05, 0) is 37.5 Å². The van der Waals surface area contributed by atoms with E-state index in [9.17, 15) is 9.18 Å². The Hall–Kier alpha value is -2.47. The molecule has 0 radical (unpaired) electrons. The number of imidazole rings is 1. The van der Waals surface area contributed by atoms with E-state index in [0.29, 0.717) is 18.7 Å². The first-order chi connectivity index (χ1) is 12.1. The quantitative estimate of drug-likeness (QED) is 0.736. The molecule has 0 spiro atoms. The number of nitrogens with zero attached hydrogens (tertiary/aromatic N) is 3. The number of ether oxygens (including phenoxy) is 1. The molecule has 1 saturated heterocycles. The first-order valence-corrected chi connectivity index (χ1v) is 8.53. The van der Waals surface area contributed by atoms with Crippen molar-refractivity contribution in [3.05, 3.63) is 69.9 Å². The van der Waals surface area contributed by atoms with Crippen molar-refractivity contribution in [1.82, 2.24) is 14.0 Å². The molecule has 0 aliphatic carbocycles. The van der Waals surface area contributed by atoms with E-state index < -0.39 is 0 Å². The zero-order chi connectivity index (χ0) is 17.4. The average Bonchev–Trinajstić information content (AvgIpc) is 3.03. The highest BCUT2D eigenvalue weighted by Crippen LogP contribution is 2.24. The van der Waals surface area contributed by atoms with Crippen molar-refractivity contribution in [2.75, 3.05) is 13.2 Å². The summed E-state index contributed by atoms with van der Waals surface area (Å²) in [5.41, 5.74) is 2.01. The average molecular weight is 341 g/mol. The molecule has 25 heavy (non-hydrogen) atoms. The fraction of sp³-hybridized carbons (Fsp3) is 0.368. The molecule has 1 fully saturated rings. The van der Waals surface area contributed by atoms with Crippen molar-refractivity contribution in [2.45, 2.75) is 32.2 Å². The minimum Gasteiger partial charge on any atom is -0.381 e. The summed E-state index contributed by atoms with van der Waals surface area (Å²) in [6.45, 7) is 3.66. The second kappa shape index (κ2) is 6.44. The lowest BCUT2D eigenvalue weighted by atomic mass is 10.0. The zero-order valence-corrected chi connectivity index (χ0v) is 14.1. The van der Waals surface area contributed by atoms with Gasteiger partial charge in [-0.25, -0.2) is 9.37 Å². The van der Waals surface area contributed by atoms with Gasteiger partial charge in [-0.1, -0.05) is 12.1 Å². The van der Waals surface area contributed by atoms with Crippen LogP contribution >= 0.6 is 0 Å². The second-order valence-electron chi connectivity index (χ2n) is 6.58. The van der Waals surface area contributed by atoms with E-state index in [1.54, 1.807) is 16.8 Å². The first-order valence-electron chi connectivity index (χ1n) is 8.53. The number of aromatic nitrogens is 3. The predicted octanol–water partition coefficient (Wildman–Crippen LogP) is 2.89. The Morgan fingerprint density at radius 2 is 2.28 bits per heavy atom. The minimum atomic E-state index is -0.298. The van der Waals surface area contributed by atoms with Crippen LogP contribution in [0.1, 0.15) is 35.8 Å². The molecule has 0 amide bonds. The molecule has 0 N–H and O–H groups in total. The van der Waals surface area contributed by atoms with Gasteiger partial charge in [0.15, 0.2) is 0 Å². The molecule has 5 nitrogen and oxygen atoms in total. The summed E-state index contributed by atoms with van der Waals surface area (Å²) < 4.78 is 22.5. The fourth-order valence-corrected chi connectivity index (χ4v) is 3.48. The third-order valence-electron chi connectivity index (χ3n) is 4.79. The smallest absolute Gasteiger partial charge is 0.276 e. The van der Waals surface area contributed by atoms with Gasteiger partial charge >= 0.3 is 0 Å². The normalized spacial score (nSPS) is 17.9. The molecule has 1 aliphatic heterocycles. The van der Waals surface area contributed by atoms with Gasteiger partial charge in [0.05, 0.1) is 19.3 Å². The third kappa shape index (κ3) is 2.98. The van der Waals surface area contributed by atoms with E-state index in [-0.39, 0.29) is 17.3 Å². The van der Waals surface area contributed by atoms with Crippen molar-refractivity contribution in [3.63, 3.8) is 0 Å². The van der Waals surface area contributed by atoms with Gasteiger partial charge in [-0.2, -0.15) is 0 Å². The number of hydrogen-bond donors (Lipinski definition) is 0. The maximum atomic E-state index is 13.4. The molecule has 130 valence electrons. The summed E-state index contributed by atoms with van der Waals surface area (Å²) in [6.07, 6.45) is 5.60. The topological polar surface area (TPSA) is 48.5 Å². The molecule has 1 atom stereocenters. The summed E-state index contributed by atoms with van der Waals surface area (Å²) in [4.78, 5) is 17.4. The van der Waals surface area contributed by atoms with Crippen molar-refractivity contribution >= 4 is 5.52 Å². The van der Waals surface area contributed by atoms with Gasteiger partial charge in [-0.3, -0.25) is 9.20 Å². The SMILES string of the molecule is Cc1cn2c([C@H]3CCCOC3)ncc2c(=O)n1Cc1cccc(F)c1. The van der Waals surface area contributed by atoms with Crippen LogP contribution in [0.15, 0.2) is 41.5 Å². The number of aryl methyl sites for hydroxylation is 1. The highest BCUT2D eigenvalue weighted by molar-refractivity contribution is 5.45. The van der Waals surface area contributed by atoms with Gasteiger partial charge < -0.3 is 9.30 Å². The van der Waals surface area contributed by atoms with Crippen LogP contribution in [-0.2, 0) is 11.3 Å². The van der Waals surface area contributed by atoms with Gasteiger partial charge in [-0.15, -0.1) is 0 Å². The fourth-order valence-electron chi connectivity index (χ4n) is 3.48. The Kier molecular flexibility index (Phi) is 4.13. The molecular formula is C19H20FN3O2. The highest BCUT2D eigenvalue weighted by atomic mass is 19.1. The molecule has 3 aromatic rings. The summed E-state index contributed by atoms with van der Waals surface area (Å²) in [6, 6.07) is 6.33. The number of rotatable bonds is 3. The minimum absolute atomic E-state index is 0.111. The molecule has 2 aromatic heterocycles. The first kappa shape index (κ1) is 16.0. The number of halogens is 1. The van der Waals surface area contributed by atoms with Crippen molar-refractivity contribution < 1.29 is 9.13 Å². The van der Waals surface area contributed by atoms with Crippen LogP contribution in [0.5, 0.6) is 0 Å². The van der Waals surface area contributed by atoms with Gasteiger partial charge in [0.1, 0.15) is 17.2 Å². The molecule has 1 aromatic carbocycles. The maximum absolute atomic E-state index is 13.4. The van der Waals surface area contributed by atoms with E-state index in [1.165, 1.54) is 12.1 Å². The zero-order valence-electron chi connectivity index (χ0n) is 14.1. The van der Waals surface area contributed by atoms with Crippen molar-refractivity contribution in [1.29, 1.82) is 0 Å². The molecule has 0 unspecified atom stereocenters. The number of benzene rings is 1. The Morgan fingerprint density at radius 1 is 1.40 bits per heavy atom. The molecule has 4 rings (SSSR count). The molecule has 1 aliphatic rings. The van der Waals surface area contributed by atoms with Gasteiger partial charge in [0.2, 0.25) is 0 Å². The highest BCUT2D eigenvalue weighted by Gasteiger charge is 2.22. The summed E-state index contributed by atoms with van der Waals surface area (Å²) >= 11 is 0. The van der Waals surface area contributed by atoms with Crippen LogP contribution in [0.2, 0.25) is 0 Å². The molecule has 3 heterocycles. The standard InChI is InChI=1S/C19H20FN3O2/c1-13-10-23-17(9-21-18(23)15-5-3-7-25-12-15)19(24)22(13)11-14-4-2-6-16(20)8-14/h2,4,6,8-10,15H,3,5,7,11-12H2,1H3/t15-/m0/s1. The molecule has 0 saturated carbocycles. The van der Waals surface area contributed by atoms with Crippen LogP contribution < -0.4 is 5.56 Å². The van der Waals surface area contributed by atoms with Gasteiger partial charge in [0, 0.05) is 24.4 Å². The largest absolute Gasteiger partial charge is 0.381 e. The third-order valence-corrected chi connectivity index (χ3v) is 4.79. The van der Waals surface area contributed by atoms with E-state index in [0.717, 1.165) is 36.5 Å². The van der Waals surface area contributed by atoms with Gasteiger partial charge in [0.25, 0.3) is 5.56 Å². The Bertz CT molecular complexity index is 970. The van der Waals surface area contributed by atoms with Crippen LogP contribution in [0, 0.1) is 12.7 Å². The van der Waals surface area contributed by atoms with E-state index in [2.05, 4.69) is 4.98 Å². The Balaban J connectivity index is 1.76.